The fourth-order valence-corrected chi connectivity index (χ4v) is 4.37. The van der Waals surface area contributed by atoms with Crippen molar-refractivity contribution in [3.63, 3.8) is 0 Å². The molecular formula is C21H23N3O2. The number of hydrogen-bond acceptors (Lipinski definition) is 5. The van der Waals surface area contributed by atoms with E-state index in [2.05, 4.69) is 16.3 Å². The van der Waals surface area contributed by atoms with E-state index in [-0.39, 0.29) is 5.43 Å². The summed E-state index contributed by atoms with van der Waals surface area (Å²) in [5.74, 6) is 1.45. The van der Waals surface area contributed by atoms with Crippen molar-refractivity contribution in [2.45, 2.75) is 0 Å². The van der Waals surface area contributed by atoms with E-state index in [0.29, 0.717) is 21.9 Å². The minimum absolute atomic E-state index is 0.0489. The summed E-state index contributed by atoms with van der Waals surface area (Å²) in [7, 11) is 3.95. The largest absolute Gasteiger partial charge is 0.456 e. The summed E-state index contributed by atoms with van der Waals surface area (Å²) >= 11 is 0. The van der Waals surface area contributed by atoms with Crippen molar-refractivity contribution in [3.8, 4) is 0 Å². The molecule has 2 aromatic carbocycles. The van der Waals surface area contributed by atoms with Crippen LogP contribution in [0.2, 0.25) is 0 Å². The number of fused-ring (bicyclic) bond motifs is 3. The number of nitrogens with one attached hydrogen (secondary N) is 1. The lowest BCUT2D eigenvalue weighted by Crippen LogP contribution is -2.25. The van der Waals surface area contributed by atoms with Crippen LogP contribution < -0.4 is 20.5 Å². The molecule has 2 aliphatic rings. The second-order valence-electron chi connectivity index (χ2n) is 7.77. The number of benzene rings is 2. The highest BCUT2D eigenvalue weighted by molar-refractivity contribution is 5.92. The average molecular weight is 349 g/mol. The summed E-state index contributed by atoms with van der Waals surface area (Å²) in [5.41, 5.74) is 3.47. The van der Waals surface area contributed by atoms with Gasteiger partial charge in [0.25, 0.3) is 0 Å². The highest BCUT2D eigenvalue weighted by Crippen LogP contribution is 2.32. The zero-order valence-corrected chi connectivity index (χ0v) is 15.2. The maximum absolute atomic E-state index is 13.1. The number of nitrogens with zero attached hydrogens (tertiary/aromatic N) is 2. The molecule has 0 aliphatic carbocycles. The van der Waals surface area contributed by atoms with E-state index in [1.807, 2.05) is 49.3 Å². The van der Waals surface area contributed by atoms with Crippen LogP contribution in [0.4, 0.5) is 11.4 Å². The Morgan fingerprint density at radius 2 is 1.65 bits per heavy atom. The van der Waals surface area contributed by atoms with Gasteiger partial charge in [-0.1, -0.05) is 0 Å². The third-order valence-electron chi connectivity index (χ3n) is 5.91. The van der Waals surface area contributed by atoms with Gasteiger partial charge < -0.3 is 19.5 Å². The molecule has 0 bridgehead atoms. The highest BCUT2D eigenvalue weighted by atomic mass is 16.3. The molecule has 0 saturated carbocycles. The van der Waals surface area contributed by atoms with Crippen LogP contribution in [0.3, 0.4) is 0 Å². The molecule has 0 spiro atoms. The Bertz CT molecular complexity index is 1040. The molecule has 5 rings (SSSR count). The van der Waals surface area contributed by atoms with Crippen LogP contribution in [0.5, 0.6) is 0 Å². The fraction of sp³-hybridized carbons (Fsp3) is 0.381. The summed E-state index contributed by atoms with van der Waals surface area (Å²) in [6.45, 7) is 4.34. The van der Waals surface area contributed by atoms with Crippen LogP contribution in [-0.2, 0) is 0 Å². The Balaban J connectivity index is 1.62. The second-order valence-corrected chi connectivity index (χ2v) is 7.77. The van der Waals surface area contributed by atoms with Crippen LogP contribution in [0, 0.1) is 11.8 Å². The van der Waals surface area contributed by atoms with Crippen LogP contribution in [0.15, 0.2) is 45.6 Å². The van der Waals surface area contributed by atoms with Gasteiger partial charge in [-0.3, -0.25) is 4.79 Å². The molecule has 2 aliphatic heterocycles. The van der Waals surface area contributed by atoms with E-state index < -0.39 is 0 Å². The monoisotopic (exact) mass is 349 g/mol. The van der Waals surface area contributed by atoms with E-state index >= 15 is 0 Å². The van der Waals surface area contributed by atoms with E-state index in [1.54, 1.807) is 0 Å². The molecule has 2 atom stereocenters. The summed E-state index contributed by atoms with van der Waals surface area (Å²) in [5, 5.41) is 4.78. The quantitative estimate of drug-likeness (QED) is 0.721. The number of rotatable bonds is 2. The molecule has 3 heterocycles. The normalized spacial score (nSPS) is 22.3. The first kappa shape index (κ1) is 15.7. The van der Waals surface area contributed by atoms with Crippen LogP contribution in [0.1, 0.15) is 0 Å². The van der Waals surface area contributed by atoms with Gasteiger partial charge in [0.05, 0.1) is 10.8 Å². The molecule has 0 radical (unpaired) electrons. The van der Waals surface area contributed by atoms with Crippen LogP contribution >= 0.6 is 0 Å². The Labute approximate surface area is 152 Å². The van der Waals surface area contributed by atoms with E-state index in [9.17, 15) is 4.79 Å². The SMILES string of the molecule is CN(C)c1ccc2oc3ccc(N4CC5CNCC5C4)cc3c(=O)c2c1. The fourth-order valence-electron chi connectivity index (χ4n) is 4.37. The predicted molar refractivity (Wildman–Crippen MR) is 106 cm³/mol. The van der Waals surface area contributed by atoms with Gasteiger partial charge in [-0.05, 0) is 48.2 Å². The Morgan fingerprint density at radius 1 is 1.00 bits per heavy atom. The minimum Gasteiger partial charge on any atom is -0.456 e. The molecule has 26 heavy (non-hydrogen) atoms. The van der Waals surface area contributed by atoms with Crippen molar-refractivity contribution in [3.05, 3.63) is 46.6 Å². The lowest BCUT2D eigenvalue weighted by molar-refractivity contribution is 0.533. The average Bonchev–Trinajstić information content (AvgIpc) is 3.23. The first-order chi connectivity index (χ1) is 12.6. The second kappa shape index (κ2) is 5.74. The van der Waals surface area contributed by atoms with Crippen molar-refractivity contribution < 1.29 is 4.42 Å². The minimum atomic E-state index is 0.0489. The zero-order valence-electron chi connectivity index (χ0n) is 15.2. The summed E-state index contributed by atoms with van der Waals surface area (Å²) in [6, 6.07) is 11.8. The predicted octanol–water partition coefficient (Wildman–Crippen LogP) is 2.67. The summed E-state index contributed by atoms with van der Waals surface area (Å²) in [6.07, 6.45) is 0. The first-order valence-corrected chi connectivity index (χ1v) is 9.24. The standard InChI is InChI=1S/C21H23N3O2/c1-23(2)15-3-5-19-17(7-15)21(25)18-8-16(4-6-20(18)26-19)24-11-13-9-22-10-14(13)12-24/h3-8,13-14,22H,9-12H2,1-2H3. The zero-order chi connectivity index (χ0) is 17.8. The van der Waals surface area contributed by atoms with Gasteiger partial charge in [0.2, 0.25) is 5.43 Å². The molecule has 0 amide bonds. The first-order valence-electron chi connectivity index (χ1n) is 9.24. The van der Waals surface area contributed by atoms with E-state index in [1.165, 1.54) is 0 Å². The van der Waals surface area contributed by atoms with Gasteiger partial charge in [-0.2, -0.15) is 0 Å². The molecule has 2 fully saturated rings. The number of anilines is 2. The molecule has 2 saturated heterocycles. The molecule has 1 N–H and O–H groups in total. The van der Waals surface area contributed by atoms with Gasteiger partial charge >= 0.3 is 0 Å². The Hall–Kier alpha value is -2.53. The molecule has 134 valence electrons. The maximum Gasteiger partial charge on any atom is 0.200 e. The number of hydrogen-bond donors (Lipinski definition) is 1. The van der Waals surface area contributed by atoms with Crippen LogP contribution in [0.25, 0.3) is 21.9 Å². The van der Waals surface area contributed by atoms with Gasteiger partial charge in [0.1, 0.15) is 11.2 Å². The topological polar surface area (TPSA) is 48.7 Å². The highest BCUT2D eigenvalue weighted by Gasteiger charge is 2.36. The lowest BCUT2D eigenvalue weighted by Gasteiger charge is -2.20. The lowest BCUT2D eigenvalue weighted by atomic mass is 10.0. The van der Waals surface area contributed by atoms with E-state index in [4.69, 9.17) is 4.42 Å². The van der Waals surface area contributed by atoms with Crippen molar-refractivity contribution >= 4 is 33.3 Å². The van der Waals surface area contributed by atoms with Crippen molar-refractivity contribution in [1.29, 1.82) is 0 Å². The summed E-state index contributed by atoms with van der Waals surface area (Å²) in [4.78, 5) is 17.5. The Kier molecular flexibility index (Phi) is 3.47. The van der Waals surface area contributed by atoms with E-state index in [0.717, 1.165) is 49.4 Å². The third-order valence-corrected chi connectivity index (χ3v) is 5.91. The summed E-state index contributed by atoms with van der Waals surface area (Å²) < 4.78 is 6.01. The van der Waals surface area contributed by atoms with Crippen LogP contribution in [-0.4, -0.2) is 40.3 Å². The smallest absolute Gasteiger partial charge is 0.200 e. The molecule has 1 aromatic heterocycles. The van der Waals surface area contributed by atoms with Crippen molar-refractivity contribution in [2.75, 3.05) is 50.1 Å². The van der Waals surface area contributed by atoms with Gasteiger partial charge in [0, 0.05) is 51.6 Å². The Morgan fingerprint density at radius 3 is 2.35 bits per heavy atom. The van der Waals surface area contributed by atoms with Gasteiger partial charge in [0.15, 0.2) is 0 Å². The molecule has 5 heteroatoms. The van der Waals surface area contributed by atoms with Crippen molar-refractivity contribution in [1.82, 2.24) is 5.32 Å². The molecular weight excluding hydrogens is 326 g/mol. The maximum atomic E-state index is 13.1. The van der Waals surface area contributed by atoms with Gasteiger partial charge in [-0.15, -0.1) is 0 Å². The van der Waals surface area contributed by atoms with Crippen molar-refractivity contribution in [2.24, 2.45) is 11.8 Å². The molecule has 2 unspecified atom stereocenters. The third kappa shape index (κ3) is 2.38. The van der Waals surface area contributed by atoms with Gasteiger partial charge in [-0.25, -0.2) is 0 Å². The molecule has 5 nitrogen and oxygen atoms in total. The molecule has 3 aromatic rings.